The summed E-state index contributed by atoms with van der Waals surface area (Å²) in [4.78, 5) is 25.7. The summed E-state index contributed by atoms with van der Waals surface area (Å²) in [5.41, 5.74) is 2.05. The first-order valence-electron chi connectivity index (χ1n) is 10.0. The molecule has 1 unspecified atom stereocenters. The van der Waals surface area contributed by atoms with E-state index in [1.165, 1.54) is 18.0 Å². The number of nitrogens with zero attached hydrogens (tertiary/aromatic N) is 4. The maximum absolute atomic E-state index is 13.5. The van der Waals surface area contributed by atoms with E-state index in [1.807, 2.05) is 57.1 Å². The number of amides is 1. The van der Waals surface area contributed by atoms with E-state index >= 15 is 0 Å². The molecule has 31 heavy (non-hydrogen) atoms. The Kier molecular flexibility index (Phi) is 7.49. The highest BCUT2D eigenvalue weighted by atomic mass is 35.5. The topological polar surface area (TPSA) is 83.5 Å². The van der Waals surface area contributed by atoms with Gasteiger partial charge in [0.2, 0.25) is 0 Å². The van der Waals surface area contributed by atoms with Crippen molar-refractivity contribution < 1.29 is 13.2 Å². The predicted molar refractivity (Wildman–Crippen MR) is 126 cm³/mol. The van der Waals surface area contributed by atoms with Crippen LogP contribution in [0, 0.1) is 0 Å². The molecule has 1 fully saturated rings. The van der Waals surface area contributed by atoms with Gasteiger partial charge in [0.25, 0.3) is 5.91 Å². The molecule has 0 radical (unpaired) electrons. The van der Waals surface area contributed by atoms with Gasteiger partial charge in [0.05, 0.1) is 22.7 Å². The molecule has 1 atom stereocenters. The summed E-state index contributed by atoms with van der Waals surface area (Å²) in [7, 11) is 0.742. The standard InChI is InChI=1S/C21H27ClN4O3S2/c1-14(2)30-21-23-11-18(22)19(24-21)20(27)26(17-9-10-31(28,29)13-17)12-15-5-7-16(8-6-15)25(3)4/h5-8,11,14,17H,9-10,12-13H2,1-4H3. The van der Waals surface area contributed by atoms with E-state index in [0.717, 1.165) is 11.3 Å². The lowest BCUT2D eigenvalue weighted by Crippen LogP contribution is -2.41. The highest BCUT2D eigenvalue weighted by Gasteiger charge is 2.36. The van der Waals surface area contributed by atoms with Crippen molar-refractivity contribution in [2.45, 2.75) is 43.3 Å². The molecule has 1 aliphatic heterocycles. The van der Waals surface area contributed by atoms with Crippen molar-refractivity contribution >= 4 is 44.8 Å². The van der Waals surface area contributed by atoms with Gasteiger partial charge in [-0.15, -0.1) is 0 Å². The minimum Gasteiger partial charge on any atom is -0.378 e. The number of benzene rings is 1. The van der Waals surface area contributed by atoms with Crippen molar-refractivity contribution in [1.29, 1.82) is 0 Å². The average Bonchev–Trinajstić information content (AvgIpc) is 3.06. The van der Waals surface area contributed by atoms with Crippen molar-refractivity contribution in [3.63, 3.8) is 0 Å². The van der Waals surface area contributed by atoms with Gasteiger partial charge >= 0.3 is 0 Å². The van der Waals surface area contributed by atoms with Gasteiger partial charge in [-0.3, -0.25) is 4.79 Å². The Morgan fingerprint density at radius 2 is 1.94 bits per heavy atom. The molecular formula is C21H27ClN4O3S2. The molecule has 0 spiro atoms. The molecule has 1 aliphatic rings. The maximum Gasteiger partial charge on any atom is 0.274 e. The first-order valence-corrected chi connectivity index (χ1v) is 13.1. The molecule has 1 aromatic heterocycles. The maximum atomic E-state index is 13.5. The van der Waals surface area contributed by atoms with E-state index < -0.39 is 15.9 Å². The third-order valence-electron chi connectivity index (χ3n) is 4.98. The van der Waals surface area contributed by atoms with Gasteiger partial charge in [-0.05, 0) is 24.1 Å². The summed E-state index contributed by atoms with van der Waals surface area (Å²) >= 11 is 7.73. The second kappa shape index (κ2) is 9.75. The van der Waals surface area contributed by atoms with Crippen molar-refractivity contribution in [1.82, 2.24) is 14.9 Å². The lowest BCUT2D eigenvalue weighted by atomic mass is 10.1. The van der Waals surface area contributed by atoms with Gasteiger partial charge in [-0.25, -0.2) is 18.4 Å². The summed E-state index contributed by atoms with van der Waals surface area (Å²) in [5.74, 6) is -0.352. The molecule has 7 nitrogen and oxygen atoms in total. The van der Waals surface area contributed by atoms with Crippen LogP contribution in [0.2, 0.25) is 5.02 Å². The Hall–Kier alpha value is -1.84. The molecule has 1 saturated heterocycles. The zero-order valence-corrected chi connectivity index (χ0v) is 20.5. The minimum absolute atomic E-state index is 0.0508. The quantitative estimate of drug-likeness (QED) is 0.441. The lowest BCUT2D eigenvalue weighted by Gasteiger charge is -2.28. The molecule has 10 heteroatoms. The van der Waals surface area contributed by atoms with Gasteiger partial charge in [0, 0.05) is 37.6 Å². The number of hydrogen-bond donors (Lipinski definition) is 0. The van der Waals surface area contributed by atoms with Gasteiger partial charge in [0.1, 0.15) is 0 Å². The number of thioether (sulfide) groups is 1. The third-order valence-corrected chi connectivity index (χ3v) is 7.89. The van der Waals surface area contributed by atoms with Gasteiger partial charge < -0.3 is 9.80 Å². The third kappa shape index (κ3) is 6.11. The monoisotopic (exact) mass is 482 g/mol. The molecule has 2 aromatic rings. The van der Waals surface area contributed by atoms with Crippen LogP contribution in [0.5, 0.6) is 0 Å². The molecule has 0 aliphatic carbocycles. The van der Waals surface area contributed by atoms with Crippen LogP contribution >= 0.6 is 23.4 Å². The highest BCUT2D eigenvalue weighted by molar-refractivity contribution is 7.99. The predicted octanol–water partition coefficient (Wildman–Crippen LogP) is 3.53. The Bertz CT molecular complexity index is 1040. The summed E-state index contributed by atoms with van der Waals surface area (Å²) in [6.45, 7) is 4.30. The zero-order chi connectivity index (χ0) is 22.8. The lowest BCUT2D eigenvalue weighted by molar-refractivity contribution is 0.0674. The number of anilines is 1. The van der Waals surface area contributed by atoms with Crippen LogP contribution in [0.4, 0.5) is 5.69 Å². The molecule has 1 amide bonds. The first-order chi connectivity index (χ1) is 14.6. The fourth-order valence-electron chi connectivity index (χ4n) is 3.39. The molecule has 3 rings (SSSR count). The number of hydrogen-bond acceptors (Lipinski definition) is 7. The molecule has 0 saturated carbocycles. The molecule has 1 aromatic carbocycles. The van der Waals surface area contributed by atoms with E-state index in [0.29, 0.717) is 11.6 Å². The largest absolute Gasteiger partial charge is 0.378 e. The molecule has 2 heterocycles. The van der Waals surface area contributed by atoms with E-state index in [2.05, 4.69) is 9.97 Å². The van der Waals surface area contributed by atoms with Crippen LogP contribution < -0.4 is 4.90 Å². The zero-order valence-electron chi connectivity index (χ0n) is 18.1. The van der Waals surface area contributed by atoms with Crippen LogP contribution in [0.3, 0.4) is 0 Å². The Balaban J connectivity index is 1.93. The van der Waals surface area contributed by atoms with Crippen LogP contribution in [0.25, 0.3) is 0 Å². The Morgan fingerprint density at radius 3 is 2.48 bits per heavy atom. The van der Waals surface area contributed by atoms with Gasteiger partial charge in [-0.2, -0.15) is 0 Å². The van der Waals surface area contributed by atoms with E-state index in [4.69, 9.17) is 11.6 Å². The van der Waals surface area contributed by atoms with Crippen LogP contribution in [-0.4, -0.2) is 66.1 Å². The summed E-state index contributed by atoms with van der Waals surface area (Å²) in [6, 6.07) is 7.41. The summed E-state index contributed by atoms with van der Waals surface area (Å²) in [6.07, 6.45) is 1.84. The average molecular weight is 483 g/mol. The van der Waals surface area contributed by atoms with Crippen LogP contribution in [0.1, 0.15) is 36.3 Å². The van der Waals surface area contributed by atoms with E-state index in [9.17, 15) is 13.2 Å². The summed E-state index contributed by atoms with van der Waals surface area (Å²) < 4.78 is 24.2. The van der Waals surface area contributed by atoms with Crippen molar-refractivity contribution in [2.24, 2.45) is 0 Å². The number of carbonyl (C=O) groups excluding carboxylic acids is 1. The van der Waals surface area contributed by atoms with E-state index in [1.54, 1.807) is 4.90 Å². The number of rotatable bonds is 7. The van der Waals surface area contributed by atoms with E-state index in [-0.39, 0.29) is 39.9 Å². The number of aromatic nitrogens is 2. The molecule has 168 valence electrons. The minimum atomic E-state index is -3.17. The first kappa shape index (κ1) is 23.8. The fourth-order valence-corrected chi connectivity index (χ4v) is 5.97. The van der Waals surface area contributed by atoms with Crippen molar-refractivity contribution in [3.8, 4) is 0 Å². The van der Waals surface area contributed by atoms with Crippen LogP contribution in [-0.2, 0) is 16.4 Å². The fraction of sp³-hybridized carbons (Fsp3) is 0.476. The van der Waals surface area contributed by atoms with Gasteiger partial charge in [-0.1, -0.05) is 49.3 Å². The Morgan fingerprint density at radius 1 is 1.26 bits per heavy atom. The second-order valence-electron chi connectivity index (χ2n) is 8.07. The SMILES string of the molecule is CC(C)Sc1ncc(Cl)c(C(=O)N(Cc2ccc(N(C)C)cc2)C2CCS(=O)(=O)C2)n1. The molecule has 0 N–H and O–H groups in total. The van der Waals surface area contributed by atoms with Crippen molar-refractivity contribution in [2.75, 3.05) is 30.5 Å². The second-order valence-corrected chi connectivity index (χ2v) is 12.2. The van der Waals surface area contributed by atoms with Crippen LogP contribution in [0.15, 0.2) is 35.6 Å². The normalized spacial score (nSPS) is 17.7. The molecule has 0 bridgehead atoms. The molecular weight excluding hydrogens is 456 g/mol. The summed E-state index contributed by atoms with van der Waals surface area (Å²) in [5, 5.41) is 0.874. The number of sulfone groups is 1. The smallest absolute Gasteiger partial charge is 0.274 e. The van der Waals surface area contributed by atoms with Crippen molar-refractivity contribution in [3.05, 3.63) is 46.7 Å². The number of carbonyl (C=O) groups is 1. The van der Waals surface area contributed by atoms with Gasteiger partial charge in [0.15, 0.2) is 20.7 Å². The Labute approximate surface area is 193 Å². The highest BCUT2D eigenvalue weighted by Crippen LogP contribution is 2.27. The number of halogens is 1.